The van der Waals surface area contributed by atoms with Crippen LogP contribution in [0.5, 0.6) is 0 Å². The van der Waals surface area contributed by atoms with Crippen LogP contribution in [0.25, 0.3) is 0 Å². The zero-order valence-corrected chi connectivity index (χ0v) is 16.9. The molecule has 0 spiro atoms. The molecule has 2 heterocycles. The number of carbonyl (C=O) groups excluding carboxylic acids is 1. The minimum Gasteiger partial charge on any atom is -0.340 e. The lowest BCUT2D eigenvalue weighted by atomic mass is 9.92. The summed E-state index contributed by atoms with van der Waals surface area (Å²) >= 11 is 7.75. The number of nitrogens with one attached hydrogen (secondary N) is 1. The van der Waals surface area contributed by atoms with Crippen molar-refractivity contribution in [3.63, 3.8) is 0 Å². The highest BCUT2D eigenvalue weighted by Crippen LogP contribution is 2.36. The Morgan fingerprint density at radius 2 is 2.22 bits per heavy atom. The van der Waals surface area contributed by atoms with E-state index in [1.54, 1.807) is 12.3 Å². The molecule has 0 fully saturated rings. The Labute approximate surface area is 166 Å². The Kier molecular flexibility index (Phi) is 6.04. The van der Waals surface area contributed by atoms with Crippen molar-refractivity contribution in [1.29, 1.82) is 0 Å². The summed E-state index contributed by atoms with van der Waals surface area (Å²) in [6.07, 6.45) is 1.70. The van der Waals surface area contributed by atoms with Gasteiger partial charge in [0.1, 0.15) is 11.9 Å². The van der Waals surface area contributed by atoms with Gasteiger partial charge in [0.25, 0.3) is 0 Å². The van der Waals surface area contributed by atoms with E-state index in [0.29, 0.717) is 23.5 Å². The molecule has 142 valence electrons. The number of amidine groups is 1. The zero-order valence-electron chi connectivity index (χ0n) is 15.3. The SMILES string of the molecule is CCN(C)CC1=C(C(C)=O)C(c2ccc(F)cc2Cl)N=C(c2nccs2)N1. The van der Waals surface area contributed by atoms with Gasteiger partial charge in [0.2, 0.25) is 0 Å². The van der Waals surface area contributed by atoms with Crippen molar-refractivity contribution in [1.82, 2.24) is 15.2 Å². The minimum atomic E-state index is -0.615. The maximum absolute atomic E-state index is 13.5. The fourth-order valence-electron chi connectivity index (χ4n) is 2.91. The van der Waals surface area contributed by atoms with Crippen LogP contribution in [-0.2, 0) is 4.79 Å². The number of aliphatic imine (C=N–C) groups is 1. The maximum atomic E-state index is 13.5. The van der Waals surface area contributed by atoms with Gasteiger partial charge in [-0.05, 0) is 32.6 Å². The summed E-state index contributed by atoms with van der Waals surface area (Å²) in [6.45, 7) is 4.92. The van der Waals surface area contributed by atoms with E-state index in [2.05, 4.69) is 15.2 Å². The molecule has 0 amide bonds. The first-order valence-corrected chi connectivity index (χ1v) is 9.78. The number of Topliss-reactive ketones (excluding diaryl/α,β-unsaturated/α-hetero) is 1. The van der Waals surface area contributed by atoms with Crippen molar-refractivity contribution in [2.45, 2.75) is 19.9 Å². The lowest BCUT2D eigenvalue weighted by Crippen LogP contribution is -2.38. The minimum absolute atomic E-state index is 0.102. The summed E-state index contributed by atoms with van der Waals surface area (Å²) in [5.41, 5.74) is 1.89. The smallest absolute Gasteiger partial charge is 0.163 e. The Hall–Kier alpha value is -2.09. The molecule has 1 aromatic heterocycles. The number of halogens is 2. The predicted molar refractivity (Wildman–Crippen MR) is 107 cm³/mol. The number of thiazole rings is 1. The van der Waals surface area contributed by atoms with Gasteiger partial charge in [0.15, 0.2) is 16.6 Å². The van der Waals surface area contributed by atoms with Crippen LogP contribution in [0.1, 0.15) is 30.5 Å². The summed E-state index contributed by atoms with van der Waals surface area (Å²) in [6, 6.07) is 3.54. The van der Waals surface area contributed by atoms with Crippen LogP contribution in [0.2, 0.25) is 5.02 Å². The van der Waals surface area contributed by atoms with Crippen LogP contribution >= 0.6 is 22.9 Å². The van der Waals surface area contributed by atoms with Gasteiger partial charge < -0.3 is 10.2 Å². The molecule has 1 aliphatic rings. The highest BCUT2D eigenvalue weighted by atomic mass is 35.5. The molecular weight excluding hydrogens is 387 g/mol. The van der Waals surface area contributed by atoms with E-state index in [4.69, 9.17) is 16.6 Å². The van der Waals surface area contributed by atoms with Crippen LogP contribution in [0.15, 0.2) is 46.0 Å². The Morgan fingerprint density at radius 3 is 2.81 bits per heavy atom. The van der Waals surface area contributed by atoms with E-state index in [-0.39, 0.29) is 10.8 Å². The van der Waals surface area contributed by atoms with E-state index in [1.807, 2.05) is 19.4 Å². The number of rotatable bonds is 6. The third kappa shape index (κ3) is 4.26. The van der Waals surface area contributed by atoms with Gasteiger partial charge in [-0.2, -0.15) is 0 Å². The van der Waals surface area contributed by atoms with Crippen LogP contribution in [-0.4, -0.2) is 41.6 Å². The highest BCUT2D eigenvalue weighted by Gasteiger charge is 2.31. The van der Waals surface area contributed by atoms with Gasteiger partial charge in [-0.15, -0.1) is 11.3 Å². The number of carbonyl (C=O) groups is 1. The summed E-state index contributed by atoms with van der Waals surface area (Å²) in [5.74, 6) is 0.0512. The molecule has 1 N–H and O–H groups in total. The lowest BCUT2D eigenvalue weighted by Gasteiger charge is -2.29. The first-order valence-electron chi connectivity index (χ1n) is 8.52. The second kappa shape index (κ2) is 8.29. The molecule has 0 bridgehead atoms. The molecule has 1 atom stereocenters. The monoisotopic (exact) mass is 406 g/mol. The van der Waals surface area contributed by atoms with Crippen molar-refractivity contribution in [2.75, 3.05) is 20.1 Å². The third-order valence-corrected chi connectivity index (χ3v) is 5.47. The van der Waals surface area contributed by atoms with Crippen LogP contribution in [0.3, 0.4) is 0 Å². The molecule has 0 saturated heterocycles. The van der Waals surface area contributed by atoms with Gasteiger partial charge in [0, 0.05) is 40.0 Å². The lowest BCUT2D eigenvalue weighted by molar-refractivity contribution is -0.114. The van der Waals surface area contributed by atoms with E-state index in [9.17, 15) is 9.18 Å². The van der Waals surface area contributed by atoms with Crippen molar-refractivity contribution < 1.29 is 9.18 Å². The number of hydrogen-bond acceptors (Lipinski definition) is 6. The molecule has 2 aromatic rings. The number of likely N-dealkylation sites (N-methyl/N-ethyl adjacent to an activating group) is 1. The number of benzene rings is 1. The Morgan fingerprint density at radius 1 is 1.44 bits per heavy atom. The topological polar surface area (TPSA) is 57.6 Å². The van der Waals surface area contributed by atoms with Crippen molar-refractivity contribution in [2.24, 2.45) is 4.99 Å². The fourth-order valence-corrected chi connectivity index (χ4v) is 3.77. The van der Waals surface area contributed by atoms with Gasteiger partial charge in [-0.3, -0.25) is 9.79 Å². The quantitative estimate of drug-likeness (QED) is 0.792. The normalized spacial score (nSPS) is 17.1. The highest BCUT2D eigenvalue weighted by molar-refractivity contribution is 7.11. The third-order valence-electron chi connectivity index (χ3n) is 4.37. The van der Waals surface area contributed by atoms with Crippen molar-refractivity contribution in [3.05, 3.63) is 62.5 Å². The number of ketones is 1. The van der Waals surface area contributed by atoms with Gasteiger partial charge in [-0.1, -0.05) is 24.6 Å². The largest absolute Gasteiger partial charge is 0.340 e. The van der Waals surface area contributed by atoms with Gasteiger partial charge >= 0.3 is 0 Å². The molecule has 3 rings (SSSR count). The van der Waals surface area contributed by atoms with Crippen molar-refractivity contribution in [3.8, 4) is 0 Å². The molecule has 5 nitrogen and oxygen atoms in total. The standard InChI is InChI=1S/C19H20ClFN4OS/c1-4-25(3)10-15-16(11(2)26)17(13-6-5-12(21)9-14(13)20)24-18(23-15)19-22-7-8-27-19/h5-9,17H,4,10H2,1-3H3,(H,23,24). The summed E-state index contributed by atoms with van der Waals surface area (Å²) < 4.78 is 13.5. The van der Waals surface area contributed by atoms with Crippen LogP contribution in [0.4, 0.5) is 4.39 Å². The Balaban J connectivity index is 2.15. The molecule has 0 aliphatic carbocycles. The molecule has 27 heavy (non-hydrogen) atoms. The molecule has 1 aliphatic heterocycles. The van der Waals surface area contributed by atoms with Gasteiger partial charge in [-0.25, -0.2) is 9.37 Å². The first kappa shape index (κ1) is 19.7. The summed E-state index contributed by atoms with van der Waals surface area (Å²) in [7, 11) is 1.97. The summed E-state index contributed by atoms with van der Waals surface area (Å²) in [5, 5.41) is 6.11. The van der Waals surface area contributed by atoms with E-state index < -0.39 is 11.9 Å². The van der Waals surface area contributed by atoms with Gasteiger partial charge in [0.05, 0.1) is 0 Å². The second-order valence-electron chi connectivity index (χ2n) is 6.29. The molecule has 8 heteroatoms. The van der Waals surface area contributed by atoms with Crippen LogP contribution in [0, 0.1) is 5.82 Å². The average molecular weight is 407 g/mol. The Bertz CT molecular complexity index is 910. The number of aromatic nitrogens is 1. The predicted octanol–water partition coefficient (Wildman–Crippen LogP) is 3.82. The zero-order chi connectivity index (χ0) is 19.6. The average Bonchev–Trinajstić information content (AvgIpc) is 3.15. The fraction of sp³-hybridized carbons (Fsp3) is 0.316. The number of hydrogen-bond donors (Lipinski definition) is 1. The molecule has 1 aromatic carbocycles. The van der Waals surface area contributed by atoms with Crippen molar-refractivity contribution >= 4 is 34.6 Å². The van der Waals surface area contributed by atoms with E-state index in [1.165, 1.54) is 30.4 Å². The first-order chi connectivity index (χ1) is 12.9. The molecule has 0 radical (unpaired) electrons. The molecular formula is C19H20ClFN4OS. The summed E-state index contributed by atoms with van der Waals surface area (Å²) in [4.78, 5) is 23.6. The van der Waals surface area contributed by atoms with Crippen LogP contribution < -0.4 is 5.32 Å². The second-order valence-corrected chi connectivity index (χ2v) is 7.59. The van der Waals surface area contributed by atoms with E-state index in [0.717, 1.165) is 17.2 Å². The number of nitrogens with zero attached hydrogens (tertiary/aromatic N) is 3. The maximum Gasteiger partial charge on any atom is 0.163 e. The van der Waals surface area contributed by atoms with E-state index >= 15 is 0 Å². The molecule has 1 unspecified atom stereocenters. The molecule has 0 saturated carbocycles.